The van der Waals surface area contributed by atoms with Crippen LogP contribution in [0.3, 0.4) is 0 Å². The van der Waals surface area contributed by atoms with Crippen molar-refractivity contribution in [2.75, 3.05) is 0 Å². The Hall–Kier alpha value is -4.79. The second-order valence-corrected chi connectivity index (χ2v) is 10.2. The van der Waals surface area contributed by atoms with Crippen molar-refractivity contribution in [2.45, 2.75) is 39.2 Å². The van der Waals surface area contributed by atoms with E-state index in [-0.39, 0.29) is 30.7 Å². The molecule has 9 heteroatoms. The predicted octanol–water partition coefficient (Wildman–Crippen LogP) is 6.22. The maximum absolute atomic E-state index is 14.2. The van der Waals surface area contributed by atoms with Gasteiger partial charge in [-0.15, -0.1) is 0 Å². The molecule has 2 aromatic heterocycles. The first kappa shape index (κ1) is 27.8. The van der Waals surface area contributed by atoms with E-state index in [0.29, 0.717) is 22.4 Å². The monoisotopic (exact) mass is 556 g/mol. The summed E-state index contributed by atoms with van der Waals surface area (Å²) in [6.45, 7) is 4.00. The molecule has 0 radical (unpaired) electrons. The fraction of sp³-hybridized carbons (Fsp3) is 0.188. The number of pyridine rings is 1. The number of ketones is 1. The van der Waals surface area contributed by atoms with Crippen molar-refractivity contribution in [3.05, 3.63) is 118 Å². The molecule has 1 atom stereocenters. The summed E-state index contributed by atoms with van der Waals surface area (Å²) in [5, 5.41) is 5.46. The summed E-state index contributed by atoms with van der Waals surface area (Å²) >= 11 is 0. The second-order valence-electron chi connectivity index (χ2n) is 10.2. The van der Waals surface area contributed by atoms with Gasteiger partial charge in [0.25, 0.3) is 5.91 Å². The molecule has 2 heterocycles. The number of aromatic nitrogens is 3. The molecule has 0 saturated carbocycles. The lowest BCUT2D eigenvalue weighted by Crippen LogP contribution is -2.17. The molecule has 0 spiro atoms. The minimum Gasteiger partial charge on any atom is -0.366 e. The minimum atomic E-state index is -0.922. The van der Waals surface area contributed by atoms with Crippen molar-refractivity contribution in [1.82, 2.24) is 14.8 Å². The number of amides is 1. The Morgan fingerprint density at radius 1 is 0.951 bits per heavy atom. The largest absolute Gasteiger partial charge is 0.366 e. The molecule has 6 nitrogen and oxygen atoms in total. The summed E-state index contributed by atoms with van der Waals surface area (Å²) in [6, 6.07) is 14.6. The van der Waals surface area contributed by atoms with Crippen LogP contribution in [0.1, 0.15) is 45.1 Å². The van der Waals surface area contributed by atoms with E-state index in [1.165, 1.54) is 24.3 Å². The van der Waals surface area contributed by atoms with E-state index in [9.17, 15) is 22.8 Å². The molecule has 0 saturated heterocycles. The van der Waals surface area contributed by atoms with Crippen molar-refractivity contribution < 1.29 is 22.8 Å². The predicted molar refractivity (Wildman–Crippen MR) is 150 cm³/mol. The topological polar surface area (TPSA) is 90.9 Å². The fourth-order valence-corrected chi connectivity index (χ4v) is 5.09. The van der Waals surface area contributed by atoms with E-state index < -0.39 is 29.3 Å². The molecule has 3 aromatic carbocycles. The summed E-state index contributed by atoms with van der Waals surface area (Å²) in [6.07, 6.45) is 3.45. The lowest BCUT2D eigenvalue weighted by atomic mass is 9.86. The lowest BCUT2D eigenvalue weighted by molar-refractivity contribution is -0.120. The third kappa shape index (κ3) is 6.19. The van der Waals surface area contributed by atoms with Gasteiger partial charge in [-0.05, 0) is 85.0 Å². The molecule has 0 aliphatic heterocycles. The second kappa shape index (κ2) is 11.4. The summed E-state index contributed by atoms with van der Waals surface area (Å²) in [4.78, 5) is 29.7. The molecule has 2 N–H and O–H groups in total. The zero-order valence-corrected chi connectivity index (χ0v) is 22.5. The standard InChI is InChI=1S/C32H27F3N4O2/c1-18-8-23-16-39(38-30(23)9-19(18)2)17-26(40)13-22(10-20-11-24(33)15-25(34)12-20)31-27(4-3-7-37-31)21-5-6-29(35)28(14-21)32(36)41/h3-9,11-12,14-16,22H,10,13,17H2,1-2H3,(H2,36,41)/t22-/m1/s1. The zero-order chi connectivity index (χ0) is 29.3. The number of nitrogens with two attached hydrogens (primary N) is 1. The van der Waals surface area contributed by atoms with Crippen LogP contribution in [0, 0.1) is 31.3 Å². The van der Waals surface area contributed by atoms with Crippen LogP contribution >= 0.6 is 0 Å². The van der Waals surface area contributed by atoms with E-state index in [0.717, 1.165) is 34.2 Å². The average Bonchev–Trinajstić information content (AvgIpc) is 3.28. The van der Waals surface area contributed by atoms with Gasteiger partial charge in [0.05, 0.1) is 23.3 Å². The van der Waals surface area contributed by atoms with Crippen LogP contribution in [0.4, 0.5) is 13.2 Å². The van der Waals surface area contributed by atoms with Crippen molar-refractivity contribution in [3.63, 3.8) is 0 Å². The minimum absolute atomic E-state index is 0.00861. The first-order chi connectivity index (χ1) is 19.6. The number of rotatable bonds is 9. The highest BCUT2D eigenvalue weighted by Gasteiger charge is 2.24. The number of fused-ring (bicyclic) bond motifs is 1. The van der Waals surface area contributed by atoms with Crippen LogP contribution in [0.2, 0.25) is 0 Å². The summed E-state index contributed by atoms with van der Waals surface area (Å²) in [7, 11) is 0. The molecule has 0 bridgehead atoms. The van der Waals surface area contributed by atoms with Crippen molar-refractivity contribution >= 4 is 22.6 Å². The highest BCUT2D eigenvalue weighted by atomic mass is 19.1. The van der Waals surface area contributed by atoms with E-state index in [4.69, 9.17) is 5.73 Å². The molecule has 5 aromatic rings. The van der Waals surface area contributed by atoms with E-state index >= 15 is 0 Å². The fourth-order valence-electron chi connectivity index (χ4n) is 5.09. The smallest absolute Gasteiger partial charge is 0.251 e. The number of hydrogen-bond acceptors (Lipinski definition) is 4. The number of nitrogens with zero attached hydrogens (tertiary/aromatic N) is 3. The summed E-state index contributed by atoms with van der Waals surface area (Å²) < 4.78 is 44.0. The number of primary amides is 1. The number of hydrogen-bond donors (Lipinski definition) is 1. The number of Topliss-reactive ketones (excluding diaryl/α,β-unsaturated/α-hetero) is 1. The van der Waals surface area contributed by atoms with Crippen LogP contribution in [0.15, 0.2) is 73.1 Å². The zero-order valence-electron chi connectivity index (χ0n) is 22.5. The SMILES string of the molecule is Cc1cc2cn(CC(=O)C[C@@H](Cc3cc(F)cc(F)c3)c3ncccc3-c3ccc(F)c(C(N)=O)c3)nc2cc1C. The van der Waals surface area contributed by atoms with Crippen molar-refractivity contribution in [2.24, 2.45) is 5.73 Å². The van der Waals surface area contributed by atoms with Gasteiger partial charge in [0.2, 0.25) is 0 Å². The number of benzene rings is 3. The molecule has 0 unspecified atom stereocenters. The highest BCUT2D eigenvalue weighted by molar-refractivity contribution is 5.94. The van der Waals surface area contributed by atoms with Crippen molar-refractivity contribution in [3.8, 4) is 11.1 Å². The van der Waals surface area contributed by atoms with E-state index in [2.05, 4.69) is 10.1 Å². The molecular formula is C32H27F3N4O2. The van der Waals surface area contributed by atoms with Gasteiger partial charge in [-0.2, -0.15) is 5.10 Å². The van der Waals surface area contributed by atoms with E-state index in [1.807, 2.05) is 32.2 Å². The van der Waals surface area contributed by atoms with Crippen molar-refractivity contribution in [1.29, 1.82) is 0 Å². The molecule has 208 valence electrons. The Morgan fingerprint density at radius 3 is 2.41 bits per heavy atom. The van der Waals surface area contributed by atoms with Gasteiger partial charge in [0.1, 0.15) is 17.5 Å². The maximum Gasteiger partial charge on any atom is 0.251 e. The van der Waals surface area contributed by atoms with Crippen LogP contribution in [0.5, 0.6) is 0 Å². The summed E-state index contributed by atoms with van der Waals surface area (Å²) in [5.74, 6) is -3.91. The van der Waals surface area contributed by atoms with Gasteiger partial charge in [-0.1, -0.05) is 12.1 Å². The first-order valence-electron chi connectivity index (χ1n) is 13.0. The van der Waals surface area contributed by atoms with Crippen LogP contribution in [-0.4, -0.2) is 26.5 Å². The highest BCUT2D eigenvalue weighted by Crippen LogP contribution is 2.33. The summed E-state index contributed by atoms with van der Waals surface area (Å²) in [5.41, 5.74) is 9.89. The number of carbonyl (C=O) groups excluding carboxylic acids is 2. The van der Waals surface area contributed by atoms with Crippen LogP contribution in [0.25, 0.3) is 22.0 Å². The van der Waals surface area contributed by atoms with E-state index in [1.54, 1.807) is 23.0 Å². The number of aryl methyl sites for hydroxylation is 2. The Kier molecular flexibility index (Phi) is 7.70. The Bertz CT molecular complexity index is 1740. The first-order valence-corrected chi connectivity index (χ1v) is 13.0. The van der Waals surface area contributed by atoms with Gasteiger partial charge in [0.15, 0.2) is 5.78 Å². The number of carbonyl (C=O) groups is 2. The third-order valence-electron chi connectivity index (χ3n) is 7.15. The third-order valence-corrected chi connectivity index (χ3v) is 7.15. The molecule has 0 aliphatic rings. The van der Waals surface area contributed by atoms with Gasteiger partial charge >= 0.3 is 0 Å². The van der Waals surface area contributed by atoms with Gasteiger partial charge in [-0.3, -0.25) is 19.3 Å². The average molecular weight is 557 g/mol. The molecular weight excluding hydrogens is 529 g/mol. The molecule has 0 fully saturated rings. The molecule has 5 rings (SSSR count). The number of halogens is 3. The maximum atomic E-state index is 14.2. The molecule has 1 amide bonds. The Balaban J connectivity index is 1.51. The molecule has 0 aliphatic carbocycles. The van der Waals surface area contributed by atoms with Gasteiger partial charge < -0.3 is 5.73 Å². The van der Waals surface area contributed by atoms with Crippen LogP contribution < -0.4 is 5.73 Å². The molecule has 41 heavy (non-hydrogen) atoms. The lowest BCUT2D eigenvalue weighted by Gasteiger charge is -2.20. The normalized spacial score (nSPS) is 12.0. The Morgan fingerprint density at radius 2 is 1.68 bits per heavy atom. The van der Waals surface area contributed by atoms with Gasteiger partial charge in [-0.25, -0.2) is 13.2 Å². The Labute approximate surface area is 234 Å². The van der Waals surface area contributed by atoms with Gasteiger partial charge in [0, 0.05) is 41.7 Å². The quantitative estimate of drug-likeness (QED) is 0.234. The van der Waals surface area contributed by atoms with Crippen LogP contribution in [-0.2, 0) is 17.8 Å².